The maximum atomic E-state index is 12.8. The first-order valence-electron chi connectivity index (χ1n) is 10.9. The number of nitrogens with one attached hydrogen (secondary N) is 3. The molecule has 15 heteroatoms. The van der Waals surface area contributed by atoms with E-state index in [0.717, 1.165) is 0 Å². The summed E-state index contributed by atoms with van der Waals surface area (Å²) in [6, 6.07) is -5.61. The van der Waals surface area contributed by atoms with Crippen molar-refractivity contribution in [2.45, 2.75) is 76.5 Å². The number of carbonyl (C=O) groups is 7. The van der Waals surface area contributed by atoms with Crippen molar-refractivity contribution in [1.29, 1.82) is 0 Å². The van der Waals surface area contributed by atoms with Crippen molar-refractivity contribution in [3.05, 3.63) is 0 Å². The van der Waals surface area contributed by atoms with Crippen LogP contribution in [0, 0.1) is 5.92 Å². The Balaban J connectivity index is 5.61. The van der Waals surface area contributed by atoms with E-state index in [0.29, 0.717) is 6.42 Å². The topological polar surface area (TPSA) is 274 Å². The van der Waals surface area contributed by atoms with Crippen molar-refractivity contribution in [3.63, 3.8) is 0 Å². The van der Waals surface area contributed by atoms with Gasteiger partial charge in [0.2, 0.25) is 29.5 Å². The van der Waals surface area contributed by atoms with Gasteiger partial charge in [0.1, 0.15) is 18.1 Å². The highest BCUT2D eigenvalue weighted by Gasteiger charge is 2.32. The fourth-order valence-electron chi connectivity index (χ4n) is 2.86. The van der Waals surface area contributed by atoms with Crippen LogP contribution in [0.2, 0.25) is 0 Å². The molecule has 198 valence electrons. The molecule has 0 spiro atoms. The number of aliphatic carboxylic acids is 2. The Bertz CT molecular complexity index is 819. The highest BCUT2D eigenvalue weighted by Crippen LogP contribution is 2.09. The first-order valence-corrected chi connectivity index (χ1v) is 10.9. The van der Waals surface area contributed by atoms with Crippen LogP contribution in [0.1, 0.15) is 52.4 Å². The summed E-state index contributed by atoms with van der Waals surface area (Å²) in [6.07, 6.45) is -1.55. The molecule has 15 nitrogen and oxygen atoms in total. The number of carbonyl (C=O) groups excluding carboxylic acids is 5. The van der Waals surface area contributed by atoms with Gasteiger partial charge in [0.25, 0.3) is 0 Å². The van der Waals surface area contributed by atoms with Gasteiger partial charge in [0, 0.05) is 12.8 Å². The summed E-state index contributed by atoms with van der Waals surface area (Å²) >= 11 is 0. The number of carboxylic acid groups (broad SMARTS) is 2. The molecule has 0 radical (unpaired) electrons. The molecular formula is C20H34N6O9. The minimum atomic E-state index is -1.58. The van der Waals surface area contributed by atoms with Crippen molar-refractivity contribution in [3.8, 4) is 0 Å². The molecule has 0 heterocycles. The normalized spacial score (nSPS) is 14.9. The standard InChI is InChI=1S/C20H34N6O9/c1-3-9(2)16(20(34)35)26-19(33)12(8-14(23)28)25-18(32)11(5-6-13(22)27)24-17(31)10(21)4-7-15(29)30/h9-12,16H,3-8,21H2,1-2H3,(H2,22,27)(H2,23,28)(H,24,31)(H,25,32)(H,26,33)(H,29,30)(H,34,35). The van der Waals surface area contributed by atoms with Crippen molar-refractivity contribution in [2.75, 3.05) is 0 Å². The predicted octanol–water partition coefficient (Wildman–Crippen LogP) is -3.10. The molecule has 0 aliphatic rings. The van der Waals surface area contributed by atoms with Crippen LogP contribution in [-0.2, 0) is 33.6 Å². The lowest BCUT2D eigenvalue weighted by Crippen LogP contribution is -2.58. The van der Waals surface area contributed by atoms with Crippen molar-refractivity contribution < 1.29 is 43.8 Å². The number of hydrogen-bond donors (Lipinski definition) is 8. The Labute approximate surface area is 201 Å². The average Bonchev–Trinajstić information content (AvgIpc) is 2.76. The van der Waals surface area contributed by atoms with Gasteiger partial charge in [0.05, 0.1) is 12.5 Å². The van der Waals surface area contributed by atoms with Gasteiger partial charge in [-0.15, -0.1) is 0 Å². The maximum Gasteiger partial charge on any atom is 0.326 e. The first-order chi connectivity index (χ1) is 16.2. The Hall–Kier alpha value is -3.75. The molecule has 5 atom stereocenters. The molecule has 11 N–H and O–H groups in total. The molecule has 35 heavy (non-hydrogen) atoms. The Morgan fingerprint density at radius 3 is 1.77 bits per heavy atom. The summed E-state index contributed by atoms with van der Waals surface area (Å²) in [7, 11) is 0. The molecule has 0 rings (SSSR count). The first kappa shape index (κ1) is 31.2. The zero-order chi connectivity index (χ0) is 27.3. The van der Waals surface area contributed by atoms with Gasteiger partial charge in [-0.25, -0.2) is 4.79 Å². The van der Waals surface area contributed by atoms with E-state index in [-0.39, 0.29) is 19.3 Å². The third-order valence-electron chi connectivity index (χ3n) is 5.13. The van der Waals surface area contributed by atoms with Gasteiger partial charge in [-0.2, -0.15) is 0 Å². The summed E-state index contributed by atoms with van der Waals surface area (Å²) in [5.74, 6) is -7.64. The average molecular weight is 503 g/mol. The van der Waals surface area contributed by atoms with E-state index in [2.05, 4.69) is 16.0 Å². The third kappa shape index (κ3) is 12.3. The second-order valence-electron chi connectivity index (χ2n) is 8.05. The SMILES string of the molecule is CCC(C)C(NC(=O)C(CC(N)=O)NC(=O)C(CCC(N)=O)NC(=O)C(N)CCC(=O)O)C(=O)O. The van der Waals surface area contributed by atoms with Crippen LogP contribution in [-0.4, -0.2) is 75.9 Å². The summed E-state index contributed by atoms with van der Waals surface area (Å²) in [5, 5.41) is 24.8. The van der Waals surface area contributed by atoms with Gasteiger partial charge in [0.15, 0.2) is 0 Å². The van der Waals surface area contributed by atoms with Gasteiger partial charge in [-0.05, 0) is 18.8 Å². The van der Waals surface area contributed by atoms with Crippen LogP contribution < -0.4 is 33.2 Å². The lowest BCUT2D eigenvalue weighted by atomic mass is 9.98. The zero-order valence-electron chi connectivity index (χ0n) is 19.6. The molecular weight excluding hydrogens is 468 g/mol. The van der Waals surface area contributed by atoms with E-state index in [1.54, 1.807) is 13.8 Å². The van der Waals surface area contributed by atoms with Crippen molar-refractivity contribution >= 4 is 41.5 Å². The molecule has 5 unspecified atom stereocenters. The number of carboxylic acids is 2. The second-order valence-corrected chi connectivity index (χ2v) is 8.05. The summed E-state index contributed by atoms with van der Waals surface area (Å²) in [5.41, 5.74) is 15.9. The molecule has 0 aromatic heterocycles. The minimum Gasteiger partial charge on any atom is -0.481 e. The predicted molar refractivity (Wildman–Crippen MR) is 120 cm³/mol. The Kier molecular flexibility index (Phi) is 13.6. The molecule has 0 saturated carbocycles. The second kappa shape index (κ2) is 15.2. The molecule has 5 amide bonds. The summed E-state index contributed by atoms with van der Waals surface area (Å²) in [4.78, 5) is 82.6. The zero-order valence-corrected chi connectivity index (χ0v) is 19.6. The number of hydrogen-bond acceptors (Lipinski definition) is 8. The van der Waals surface area contributed by atoms with Gasteiger partial charge >= 0.3 is 11.9 Å². The molecule has 0 aliphatic heterocycles. The molecule has 0 aromatic rings. The minimum absolute atomic E-state index is 0.232. The number of nitrogens with two attached hydrogens (primary N) is 3. The van der Waals surface area contributed by atoms with Crippen LogP contribution >= 0.6 is 0 Å². The quantitative estimate of drug-likeness (QED) is 0.0991. The largest absolute Gasteiger partial charge is 0.481 e. The summed E-state index contributed by atoms with van der Waals surface area (Å²) < 4.78 is 0. The highest BCUT2D eigenvalue weighted by molar-refractivity contribution is 5.96. The van der Waals surface area contributed by atoms with Crippen LogP contribution in [0.25, 0.3) is 0 Å². The van der Waals surface area contributed by atoms with Crippen LogP contribution in [0.5, 0.6) is 0 Å². The van der Waals surface area contributed by atoms with Gasteiger partial charge < -0.3 is 43.4 Å². The van der Waals surface area contributed by atoms with Crippen molar-refractivity contribution in [2.24, 2.45) is 23.1 Å². The van der Waals surface area contributed by atoms with E-state index in [1.165, 1.54) is 0 Å². The van der Waals surface area contributed by atoms with E-state index in [9.17, 15) is 38.7 Å². The molecule has 0 aromatic carbocycles. The number of amides is 5. The lowest BCUT2D eigenvalue weighted by molar-refractivity contribution is -0.144. The Morgan fingerprint density at radius 1 is 0.771 bits per heavy atom. The smallest absolute Gasteiger partial charge is 0.326 e. The van der Waals surface area contributed by atoms with Crippen LogP contribution in [0.3, 0.4) is 0 Å². The molecule has 0 saturated heterocycles. The molecule has 0 bridgehead atoms. The number of rotatable bonds is 17. The fraction of sp³-hybridized carbons (Fsp3) is 0.650. The fourth-order valence-corrected chi connectivity index (χ4v) is 2.86. The van der Waals surface area contributed by atoms with Gasteiger partial charge in [-0.1, -0.05) is 20.3 Å². The lowest BCUT2D eigenvalue weighted by Gasteiger charge is -2.26. The van der Waals surface area contributed by atoms with Crippen molar-refractivity contribution in [1.82, 2.24) is 16.0 Å². The molecule has 0 aliphatic carbocycles. The molecule has 0 fully saturated rings. The van der Waals surface area contributed by atoms with E-state index in [4.69, 9.17) is 22.3 Å². The Morgan fingerprint density at radius 2 is 1.31 bits per heavy atom. The van der Waals surface area contributed by atoms with E-state index >= 15 is 0 Å². The number of primary amides is 2. The summed E-state index contributed by atoms with van der Waals surface area (Å²) in [6.45, 7) is 3.30. The van der Waals surface area contributed by atoms with Gasteiger partial charge in [-0.3, -0.25) is 28.8 Å². The van der Waals surface area contributed by atoms with E-state index < -0.39 is 84.4 Å². The van der Waals surface area contributed by atoms with E-state index in [1.807, 2.05) is 0 Å². The monoisotopic (exact) mass is 502 g/mol. The van der Waals surface area contributed by atoms with Crippen LogP contribution in [0.15, 0.2) is 0 Å². The third-order valence-corrected chi connectivity index (χ3v) is 5.13. The highest BCUT2D eigenvalue weighted by atomic mass is 16.4. The van der Waals surface area contributed by atoms with Crippen LogP contribution in [0.4, 0.5) is 0 Å². The maximum absolute atomic E-state index is 12.8.